The minimum absolute atomic E-state index is 0.00505. The van der Waals surface area contributed by atoms with Gasteiger partial charge in [-0.25, -0.2) is 0 Å². The minimum Gasteiger partial charge on any atom is -0.391 e. The van der Waals surface area contributed by atoms with E-state index in [1.165, 1.54) is 0 Å². The molecule has 0 aliphatic carbocycles. The summed E-state index contributed by atoms with van der Waals surface area (Å²) in [6.45, 7) is 13.8. The van der Waals surface area contributed by atoms with Gasteiger partial charge in [-0.2, -0.15) is 0 Å². The molecule has 0 spiro atoms. The lowest BCUT2D eigenvalue weighted by molar-refractivity contribution is -0.143. The van der Waals surface area contributed by atoms with Gasteiger partial charge >= 0.3 is 0 Å². The third kappa shape index (κ3) is 7.07. The van der Waals surface area contributed by atoms with Crippen molar-refractivity contribution in [3.8, 4) is 0 Å². The first-order chi connectivity index (χ1) is 12.4. The molecule has 0 saturated carbocycles. The Balaban J connectivity index is 5.62. The highest BCUT2D eigenvalue weighted by Gasteiger charge is 2.36. The summed E-state index contributed by atoms with van der Waals surface area (Å²) >= 11 is 0. The molecule has 0 aromatic rings. The molecule has 0 aliphatic heterocycles. The van der Waals surface area contributed by atoms with Crippen LogP contribution in [0.15, 0.2) is 0 Å². The standard InChI is InChI=1S/C21H43N3O3/c1-11-14(5)17(22-20(26)18(13(3)4)23(8)9)21(27)24(10)19(16(7)25)15(6)12-2/h13-19,25H,11-12H2,1-10H3,(H,22,26)/t14-,15+,16-,17+,18+,19+/m0/s1. The van der Waals surface area contributed by atoms with E-state index in [4.69, 9.17) is 0 Å². The second-order valence-corrected chi connectivity index (χ2v) is 8.59. The Hall–Kier alpha value is -1.14. The monoisotopic (exact) mass is 385 g/mol. The fourth-order valence-electron chi connectivity index (χ4n) is 3.84. The summed E-state index contributed by atoms with van der Waals surface area (Å²) in [7, 11) is 5.49. The molecule has 27 heavy (non-hydrogen) atoms. The second-order valence-electron chi connectivity index (χ2n) is 8.59. The SMILES string of the molecule is CC[C@@H](C)[C@H]([C@H](C)O)N(C)C(=O)[C@H](NC(=O)[C@@H](C(C)C)N(C)C)[C@@H](C)CC. The predicted octanol–water partition coefficient (Wildman–Crippen LogP) is 2.36. The van der Waals surface area contributed by atoms with Crippen molar-refractivity contribution in [2.45, 2.75) is 85.5 Å². The summed E-state index contributed by atoms with van der Waals surface area (Å²) in [5.74, 6) is 0.0444. The zero-order chi connectivity index (χ0) is 21.5. The Kier molecular flexibility index (Phi) is 11.2. The second kappa shape index (κ2) is 11.6. The molecular weight excluding hydrogens is 342 g/mol. The van der Waals surface area contributed by atoms with Crippen LogP contribution in [0, 0.1) is 17.8 Å². The van der Waals surface area contributed by atoms with Crippen LogP contribution in [0.2, 0.25) is 0 Å². The molecule has 0 bridgehead atoms. The number of amides is 2. The van der Waals surface area contributed by atoms with Gasteiger partial charge in [0.1, 0.15) is 6.04 Å². The predicted molar refractivity (Wildman–Crippen MR) is 111 cm³/mol. The van der Waals surface area contributed by atoms with Crippen LogP contribution in [-0.4, -0.2) is 72.1 Å². The van der Waals surface area contributed by atoms with Crippen LogP contribution in [0.3, 0.4) is 0 Å². The average Bonchev–Trinajstić information content (AvgIpc) is 2.57. The van der Waals surface area contributed by atoms with E-state index in [1.807, 2.05) is 53.6 Å². The maximum absolute atomic E-state index is 13.3. The number of nitrogens with one attached hydrogen (secondary N) is 1. The van der Waals surface area contributed by atoms with E-state index in [0.717, 1.165) is 12.8 Å². The first-order valence-electron chi connectivity index (χ1n) is 10.3. The summed E-state index contributed by atoms with van der Waals surface area (Å²) in [5.41, 5.74) is 0. The summed E-state index contributed by atoms with van der Waals surface area (Å²) in [6, 6.07) is -1.17. The van der Waals surface area contributed by atoms with Crippen LogP contribution in [0.5, 0.6) is 0 Å². The number of hydrogen-bond donors (Lipinski definition) is 2. The van der Waals surface area contributed by atoms with Gasteiger partial charge in [0.25, 0.3) is 0 Å². The van der Waals surface area contributed by atoms with E-state index < -0.39 is 12.1 Å². The molecule has 6 nitrogen and oxygen atoms in total. The molecule has 2 N–H and O–H groups in total. The van der Waals surface area contributed by atoms with Crippen molar-refractivity contribution >= 4 is 11.8 Å². The molecule has 0 radical (unpaired) electrons. The van der Waals surface area contributed by atoms with Gasteiger partial charge in [0, 0.05) is 7.05 Å². The smallest absolute Gasteiger partial charge is 0.245 e. The Bertz CT molecular complexity index is 458. The quantitative estimate of drug-likeness (QED) is 0.573. The number of aliphatic hydroxyl groups is 1. The van der Waals surface area contributed by atoms with Crippen molar-refractivity contribution in [3.05, 3.63) is 0 Å². The van der Waals surface area contributed by atoms with E-state index in [2.05, 4.69) is 12.2 Å². The maximum atomic E-state index is 13.3. The minimum atomic E-state index is -0.632. The van der Waals surface area contributed by atoms with Crippen LogP contribution in [0.1, 0.15) is 61.3 Å². The van der Waals surface area contributed by atoms with Gasteiger partial charge < -0.3 is 15.3 Å². The zero-order valence-corrected chi connectivity index (χ0v) is 19.1. The topological polar surface area (TPSA) is 72.9 Å². The number of hydrogen-bond acceptors (Lipinski definition) is 4. The molecule has 0 aliphatic rings. The first-order valence-corrected chi connectivity index (χ1v) is 10.3. The molecule has 0 heterocycles. The molecule has 0 fully saturated rings. The first kappa shape index (κ1) is 25.9. The van der Waals surface area contributed by atoms with E-state index >= 15 is 0 Å². The van der Waals surface area contributed by atoms with Crippen molar-refractivity contribution in [2.75, 3.05) is 21.1 Å². The van der Waals surface area contributed by atoms with Gasteiger partial charge in [0.2, 0.25) is 11.8 Å². The van der Waals surface area contributed by atoms with Crippen LogP contribution in [0.25, 0.3) is 0 Å². The number of rotatable bonds is 11. The van der Waals surface area contributed by atoms with Crippen LogP contribution >= 0.6 is 0 Å². The van der Waals surface area contributed by atoms with E-state index in [0.29, 0.717) is 0 Å². The third-order valence-corrected chi connectivity index (χ3v) is 5.75. The van der Waals surface area contributed by atoms with Crippen molar-refractivity contribution in [3.63, 3.8) is 0 Å². The Morgan fingerprint density at radius 3 is 1.74 bits per heavy atom. The van der Waals surface area contributed by atoms with Crippen molar-refractivity contribution < 1.29 is 14.7 Å². The fourth-order valence-corrected chi connectivity index (χ4v) is 3.84. The molecule has 2 amide bonds. The maximum Gasteiger partial charge on any atom is 0.245 e. The Morgan fingerprint density at radius 2 is 1.41 bits per heavy atom. The average molecular weight is 386 g/mol. The normalized spacial score (nSPS) is 18.6. The lowest BCUT2D eigenvalue weighted by Gasteiger charge is -2.38. The molecule has 0 aromatic heterocycles. The number of nitrogens with zero attached hydrogens (tertiary/aromatic N) is 2. The van der Waals surface area contributed by atoms with Crippen LogP contribution in [0.4, 0.5) is 0 Å². The zero-order valence-electron chi connectivity index (χ0n) is 19.1. The van der Waals surface area contributed by atoms with Crippen molar-refractivity contribution in [1.82, 2.24) is 15.1 Å². The van der Waals surface area contributed by atoms with Crippen LogP contribution in [-0.2, 0) is 9.59 Å². The number of aliphatic hydroxyl groups excluding tert-OH is 1. The highest BCUT2D eigenvalue weighted by Crippen LogP contribution is 2.21. The summed E-state index contributed by atoms with van der Waals surface area (Å²) in [5, 5.41) is 13.2. The molecule has 0 saturated heterocycles. The molecule has 0 aromatic carbocycles. The molecule has 0 rings (SSSR count). The number of likely N-dealkylation sites (N-methyl/N-ethyl adjacent to an activating group) is 2. The van der Waals surface area contributed by atoms with Gasteiger partial charge in [-0.15, -0.1) is 0 Å². The van der Waals surface area contributed by atoms with Gasteiger partial charge in [-0.3, -0.25) is 14.5 Å². The Labute approximate surface area is 166 Å². The van der Waals surface area contributed by atoms with E-state index in [9.17, 15) is 14.7 Å². The summed E-state index contributed by atoms with van der Waals surface area (Å²) in [6.07, 6.45) is 1.01. The highest BCUT2D eigenvalue weighted by atomic mass is 16.3. The highest BCUT2D eigenvalue weighted by molar-refractivity contribution is 5.90. The number of carbonyl (C=O) groups excluding carboxylic acids is 2. The van der Waals surface area contributed by atoms with Gasteiger partial charge in [-0.05, 0) is 38.8 Å². The van der Waals surface area contributed by atoms with E-state index in [-0.39, 0.29) is 41.7 Å². The molecule has 160 valence electrons. The largest absolute Gasteiger partial charge is 0.391 e. The number of carbonyl (C=O) groups is 2. The molecular formula is C21H43N3O3. The third-order valence-electron chi connectivity index (χ3n) is 5.75. The van der Waals surface area contributed by atoms with Crippen LogP contribution < -0.4 is 5.32 Å². The van der Waals surface area contributed by atoms with E-state index in [1.54, 1.807) is 18.9 Å². The van der Waals surface area contributed by atoms with Gasteiger partial charge in [-0.1, -0.05) is 54.4 Å². The lowest BCUT2D eigenvalue weighted by Crippen LogP contribution is -2.59. The summed E-state index contributed by atoms with van der Waals surface area (Å²) < 4.78 is 0. The molecule has 0 unspecified atom stereocenters. The summed E-state index contributed by atoms with van der Waals surface area (Å²) in [4.78, 5) is 29.7. The van der Waals surface area contributed by atoms with Gasteiger partial charge in [0.05, 0.1) is 18.2 Å². The van der Waals surface area contributed by atoms with Gasteiger partial charge in [0.15, 0.2) is 0 Å². The molecule has 6 atom stereocenters. The molecule has 6 heteroatoms. The lowest BCUT2D eigenvalue weighted by atomic mass is 9.91. The Morgan fingerprint density at radius 1 is 0.926 bits per heavy atom. The fraction of sp³-hybridized carbons (Fsp3) is 0.905. The van der Waals surface area contributed by atoms with Crippen molar-refractivity contribution in [1.29, 1.82) is 0 Å². The van der Waals surface area contributed by atoms with Crippen molar-refractivity contribution in [2.24, 2.45) is 17.8 Å².